The van der Waals surface area contributed by atoms with E-state index in [0.29, 0.717) is 10.1 Å². The molecule has 1 aromatic heterocycles. The number of hydrogen-bond acceptors (Lipinski definition) is 4. The molecule has 0 aliphatic heterocycles. The van der Waals surface area contributed by atoms with Gasteiger partial charge in [0, 0.05) is 25.5 Å². The van der Waals surface area contributed by atoms with E-state index in [4.69, 9.17) is 0 Å². The van der Waals surface area contributed by atoms with E-state index in [1.54, 1.807) is 6.92 Å². The molecule has 96 valence electrons. The Bertz CT molecular complexity index is 629. The highest BCUT2D eigenvalue weighted by Gasteiger charge is 2.11. The van der Waals surface area contributed by atoms with Gasteiger partial charge in [-0.15, -0.1) is 0 Å². The summed E-state index contributed by atoms with van der Waals surface area (Å²) < 4.78 is 24.8. The Morgan fingerprint density at radius 2 is 1.94 bits per heavy atom. The average molecular weight is 372 g/mol. The SMILES string of the molecule is CCn1cc(I)c(=O)n(CCS(C)(=O)=O)c1=O. The molecule has 1 rings (SSSR count). The standard InChI is InChI=1S/C9H13IN2O4S/c1-3-11-6-7(10)8(13)12(9(11)14)4-5-17(2,15)16/h6H,3-5H2,1-2H3. The van der Waals surface area contributed by atoms with Gasteiger partial charge in [0.05, 0.1) is 9.32 Å². The third-order valence-electron chi connectivity index (χ3n) is 2.22. The number of aromatic nitrogens is 2. The largest absolute Gasteiger partial charge is 0.331 e. The van der Waals surface area contributed by atoms with Crippen LogP contribution >= 0.6 is 22.6 Å². The van der Waals surface area contributed by atoms with Gasteiger partial charge in [-0.25, -0.2) is 13.2 Å². The molecular weight excluding hydrogens is 359 g/mol. The van der Waals surface area contributed by atoms with Crippen LogP contribution in [0.1, 0.15) is 6.92 Å². The van der Waals surface area contributed by atoms with Gasteiger partial charge in [0.2, 0.25) is 0 Å². The molecule has 17 heavy (non-hydrogen) atoms. The minimum atomic E-state index is -3.20. The Morgan fingerprint density at radius 3 is 2.41 bits per heavy atom. The van der Waals surface area contributed by atoms with E-state index < -0.39 is 21.1 Å². The first kappa shape index (κ1) is 14.4. The highest BCUT2D eigenvalue weighted by Crippen LogP contribution is 1.95. The van der Waals surface area contributed by atoms with E-state index in [-0.39, 0.29) is 12.3 Å². The summed E-state index contributed by atoms with van der Waals surface area (Å²) >= 11 is 1.83. The number of halogens is 1. The fraction of sp³-hybridized carbons (Fsp3) is 0.556. The maximum absolute atomic E-state index is 11.8. The second-order valence-corrected chi connectivity index (χ2v) is 7.05. The molecular formula is C9H13IN2O4S. The van der Waals surface area contributed by atoms with E-state index in [1.807, 2.05) is 22.6 Å². The molecule has 0 atom stereocenters. The molecule has 0 unspecified atom stereocenters. The Hall–Kier alpha value is -0.640. The van der Waals surface area contributed by atoms with Crippen LogP contribution in [0.25, 0.3) is 0 Å². The van der Waals surface area contributed by atoms with Crippen molar-refractivity contribution in [1.82, 2.24) is 9.13 Å². The molecule has 0 saturated heterocycles. The average Bonchev–Trinajstić information content (AvgIpc) is 2.22. The molecule has 0 N–H and O–H groups in total. The van der Waals surface area contributed by atoms with Crippen molar-refractivity contribution in [1.29, 1.82) is 0 Å². The lowest BCUT2D eigenvalue weighted by molar-refractivity contribution is 0.566. The molecule has 0 spiro atoms. The first-order valence-electron chi connectivity index (χ1n) is 4.93. The van der Waals surface area contributed by atoms with Crippen molar-refractivity contribution in [2.24, 2.45) is 0 Å². The van der Waals surface area contributed by atoms with Crippen molar-refractivity contribution < 1.29 is 8.42 Å². The highest BCUT2D eigenvalue weighted by atomic mass is 127. The van der Waals surface area contributed by atoms with Crippen molar-refractivity contribution in [2.75, 3.05) is 12.0 Å². The van der Waals surface area contributed by atoms with Crippen LogP contribution in [0, 0.1) is 3.57 Å². The van der Waals surface area contributed by atoms with Gasteiger partial charge >= 0.3 is 5.69 Å². The summed E-state index contributed by atoms with van der Waals surface area (Å²) in [5.74, 6) is -0.216. The topological polar surface area (TPSA) is 78.1 Å². The summed E-state index contributed by atoms with van der Waals surface area (Å²) in [5.41, 5.74) is -0.912. The van der Waals surface area contributed by atoms with E-state index in [0.717, 1.165) is 10.8 Å². The van der Waals surface area contributed by atoms with Crippen LogP contribution in [0.4, 0.5) is 0 Å². The van der Waals surface area contributed by atoms with Crippen molar-refractivity contribution in [2.45, 2.75) is 20.0 Å². The van der Waals surface area contributed by atoms with Crippen LogP contribution in [-0.2, 0) is 22.9 Å². The lowest BCUT2D eigenvalue weighted by Crippen LogP contribution is -2.41. The molecule has 0 saturated carbocycles. The van der Waals surface area contributed by atoms with Gasteiger partial charge in [-0.2, -0.15) is 0 Å². The van der Waals surface area contributed by atoms with E-state index in [2.05, 4.69) is 0 Å². The molecule has 0 amide bonds. The molecule has 6 nitrogen and oxygen atoms in total. The second-order valence-electron chi connectivity index (χ2n) is 3.63. The lowest BCUT2D eigenvalue weighted by atomic mass is 10.5. The molecule has 0 aliphatic carbocycles. The van der Waals surface area contributed by atoms with E-state index in [1.165, 1.54) is 10.8 Å². The number of nitrogens with zero attached hydrogens (tertiary/aromatic N) is 2. The Labute approximate surface area is 112 Å². The predicted octanol–water partition coefficient (Wildman–Crippen LogP) is -0.321. The lowest BCUT2D eigenvalue weighted by Gasteiger charge is -2.08. The summed E-state index contributed by atoms with van der Waals surface area (Å²) in [7, 11) is -3.20. The van der Waals surface area contributed by atoms with Crippen molar-refractivity contribution in [3.05, 3.63) is 30.6 Å². The number of aryl methyl sites for hydroxylation is 1. The van der Waals surface area contributed by atoms with Crippen molar-refractivity contribution in [3.8, 4) is 0 Å². The molecule has 0 bridgehead atoms. The molecule has 1 aromatic rings. The zero-order chi connectivity index (χ0) is 13.2. The third-order valence-corrected chi connectivity index (χ3v) is 3.89. The zero-order valence-electron chi connectivity index (χ0n) is 9.51. The molecule has 1 heterocycles. The second kappa shape index (κ2) is 5.34. The van der Waals surface area contributed by atoms with Crippen LogP contribution in [0.3, 0.4) is 0 Å². The first-order chi connectivity index (χ1) is 7.76. The third kappa shape index (κ3) is 3.66. The van der Waals surface area contributed by atoms with E-state index in [9.17, 15) is 18.0 Å². The van der Waals surface area contributed by atoms with Gasteiger partial charge in [0.1, 0.15) is 9.84 Å². The van der Waals surface area contributed by atoms with Crippen molar-refractivity contribution in [3.63, 3.8) is 0 Å². The van der Waals surface area contributed by atoms with Crippen LogP contribution < -0.4 is 11.2 Å². The molecule has 0 aromatic carbocycles. The van der Waals surface area contributed by atoms with E-state index >= 15 is 0 Å². The molecule has 0 radical (unpaired) electrons. The van der Waals surface area contributed by atoms with Gasteiger partial charge < -0.3 is 0 Å². The summed E-state index contributed by atoms with van der Waals surface area (Å²) in [4.78, 5) is 23.5. The number of rotatable bonds is 4. The van der Waals surface area contributed by atoms with Crippen LogP contribution in [0.2, 0.25) is 0 Å². The van der Waals surface area contributed by atoms with Gasteiger partial charge in [-0.1, -0.05) is 0 Å². The van der Waals surface area contributed by atoms with Crippen molar-refractivity contribution >= 4 is 32.4 Å². The Kier molecular flexibility index (Phi) is 4.53. The maximum Gasteiger partial charge on any atom is 0.331 e. The fourth-order valence-corrected chi connectivity index (χ4v) is 2.44. The van der Waals surface area contributed by atoms with Gasteiger partial charge in [0.15, 0.2) is 0 Å². The normalized spacial score (nSPS) is 11.7. The monoisotopic (exact) mass is 372 g/mol. The van der Waals surface area contributed by atoms with Crippen LogP contribution in [-0.4, -0.2) is 29.6 Å². The smallest absolute Gasteiger partial charge is 0.300 e. The van der Waals surface area contributed by atoms with Crippen LogP contribution in [0.5, 0.6) is 0 Å². The molecule has 0 aliphatic rings. The fourth-order valence-electron chi connectivity index (χ4n) is 1.30. The van der Waals surface area contributed by atoms with Crippen LogP contribution in [0.15, 0.2) is 15.8 Å². The first-order valence-corrected chi connectivity index (χ1v) is 8.07. The molecule has 0 fully saturated rings. The summed E-state index contributed by atoms with van der Waals surface area (Å²) in [6.07, 6.45) is 2.55. The highest BCUT2D eigenvalue weighted by molar-refractivity contribution is 14.1. The summed E-state index contributed by atoms with van der Waals surface area (Å²) in [5, 5.41) is 0. The maximum atomic E-state index is 11.8. The number of hydrogen-bond donors (Lipinski definition) is 0. The number of sulfone groups is 1. The minimum Gasteiger partial charge on any atom is -0.300 e. The quantitative estimate of drug-likeness (QED) is 0.679. The van der Waals surface area contributed by atoms with Gasteiger partial charge in [-0.05, 0) is 29.5 Å². The Morgan fingerprint density at radius 1 is 1.35 bits per heavy atom. The van der Waals surface area contributed by atoms with Gasteiger partial charge in [0.25, 0.3) is 5.56 Å². The summed E-state index contributed by atoms with van der Waals surface area (Å²) in [6.45, 7) is 2.12. The minimum absolute atomic E-state index is 0.104. The van der Waals surface area contributed by atoms with Gasteiger partial charge in [-0.3, -0.25) is 13.9 Å². The molecule has 8 heteroatoms. The zero-order valence-corrected chi connectivity index (χ0v) is 12.5. The summed E-state index contributed by atoms with van der Waals surface area (Å²) in [6, 6.07) is 0. The predicted molar refractivity (Wildman–Crippen MR) is 73.1 cm³/mol. The Balaban J connectivity index is 3.28.